The zero-order valence-corrected chi connectivity index (χ0v) is 15.3. The summed E-state index contributed by atoms with van der Waals surface area (Å²) in [6.07, 6.45) is -5.94. The molecule has 0 bridgehead atoms. The molecule has 28 heavy (non-hydrogen) atoms. The normalized spacial score (nSPS) is 15.2. The van der Waals surface area contributed by atoms with Gasteiger partial charge in [0, 0.05) is 18.2 Å². The van der Waals surface area contributed by atoms with Crippen molar-refractivity contribution < 1.29 is 22.4 Å². The van der Waals surface area contributed by atoms with E-state index in [2.05, 4.69) is 9.97 Å². The number of imidazole rings is 1. The number of carbonyl (C=O) groups excluding carboxylic acids is 1. The van der Waals surface area contributed by atoms with Crippen molar-refractivity contribution >= 4 is 28.4 Å². The van der Waals surface area contributed by atoms with Crippen molar-refractivity contribution in [2.45, 2.75) is 18.8 Å². The Labute approximate surface area is 159 Å². The van der Waals surface area contributed by atoms with Crippen molar-refractivity contribution in [2.75, 3.05) is 13.1 Å². The van der Waals surface area contributed by atoms with Crippen molar-refractivity contribution in [3.63, 3.8) is 0 Å². The molecule has 1 aliphatic rings. The second-order valence-electron chi connectivity index (χ2n) is 6.58. The van der Waals surface area contributed by atoms with E-state index in [4.69, 9.17) is 0 Å². The number of likely N-dealkylation sites (tertiary alicyclic amines) is 1. The van der Waals surface area contributed by atoms with E-state index < -0.39 is 28.8 Å². The Bertz CT molecular complexity index is 1120. The molecule has 4 heterocycles. The summed E-state index contributed by atoms with van der Waals surface area (Å²) >= 11 is 0.540. The van der Waals surface area contributed by atoms with Gasteiger partial charge in [0.2, 0.25) is 5.91 Å². The third-order valence-corrected chi connectivity index (χ3v) is 5.63. The van der Waals surface area contributed by atoms with Gasteiger partial charge in [0.05, 0.1) is 30.7 Å². The van der Waals surface area contributed by atoms with E-state index in [0.717, 1.165) is 0 Å². The molecular formula is C17H14F4N4O2S. The fourth-order valence-corrected chi connectivity index (χ4v) is 3.95. The number of nitrogens with zero attached hydrogens (tertiary/aromatic N) is 3. The molecule has 0 spiro atoms. The number of aromatic nitrogens is 3. The van der Waals surface area contributed by atoms with E-state index in [0.29, 0.717) is 11.3 Å². The molecule has 1 amide bonds. The molecule has 1 saturated heterocycles. The minimum atomic E-state index is -4.57. The molecule has 11 heteroatoms. The predicted molar refractivity (Wildman–Crippen MR) is 94.8 cm³/mol. The van der Waals surface area contributed by atoms with Crippen LogP contribution < -0.4 is 5.69 Å². The highest BCUT2D eigenvalue weighted by Crippen LogP contribution is 2.42. The third kappa shape index (κ3) is 3.09. The monoisotopic (exact) mass is 414 g/mol. The summed E-state index contributed by atoms with van der Waals surface area (Å²) in [7, 11) is 1.47. The van der Waals surface area contributed by atoms with Crippen LogP contribution in [0, 0.1) is 0 Å². The van der Waals surface area contributed by atoms with Crippen LogP contribution in [0.15, 0.2) is 22.3 Å². The number of hydrogen-bond donors (Lipinski definition) is 1. The van der Waals surface area contributed by atoms with Gasteiger partial charge in [0.1, 0.15) is 11.0 Å². The lowest BCUT2D eigenvalue weighted by Gasteiger charge is -2.34. The topological polar surface area (TPSA) is 71.0 Å². The van der Waals surface area contributed by atoms with Gasteiger partial charge >= 0.3 is 11.9 Å². The molecule has 0 aromatic carbocycles. The maximum absolute atomic E-state index is 13.4. The molecule has 1 N–H and O–H groups in total. The van der Waals surface area contributed by atoms with Crippen LogP contribution in [-0.4, -0.2) is 44.6 Å². The first-order valence-corrected chi connectivity index (χ1v) is 9.18. The fourth-order valence-electron chi connectivity index (χ4n) is 3.18. The highest BCUT2D eigenvalue weighted by atomic mass is 32.1. The standard InChI is InChI=1S/C17H14F4N4O2S/c1-24-15-12(23-16(24)27)4-10(9-2-3-28-14(9)17(19,20)21)11(22-15)5-13(26)25-6-8(18)7-25/h2-4,8H,5-7H2,1H3,(H,23,27). The van der Waals surface area contributed by atoms with Crippen LogP contribution in [0.1, 0.15) is 10.6 Å². The van der Waals surface area contributed by atoms with Gasteiger partial charge in [-0.3, -0.25) is 9.36 Å². The van der Waals surface area contributed by atoms with Crippen molar-refractivity contribution in [1.29, 1.82) is 0 Å². The lowest BCUT2D eigenvalue weighted by atomic mass is 10.0. The molecule has 1 fully saturated rings. The Kier molecular flexibility index (Phi) is 4.29. The summed E-state index contributed by atoms with van der Waals surface area (Å²) in [5, 5.41) is 1.31. The number of hydrogen-bond acceptors (Lipinski definition) is 4. The largest absolute Gasteiger partial charge is 0.426 e. The molecule has 0 unspecified atom stereocenters. The lowest BCUT2D eigenvalue weighted by molar-refractivity contribution is -0.137. The first-order chi connectivity index (χ1) is 13.1. The quantitative estimate of drug-likeness (QED) is 0.670. The van der Waals surface area contributed by atoms with Gasteiger partial charge in [0.25, 0.3) is 0 Å². The van der Waals surface area contributed by atoms with Crippen molar-refractivity contribution in [1.82, 2.24) is 19.4 Å². The number of amides is 1. The van der Waals surface area contributed by atoms with E-state index in [1.165, 1.54) is 34.0 Å². The Morgan fingerprint density at radius 1 is 1.36 bits per heavy atom. The van der Waals surface area contributed by atoms with Crippen LogP contribution in [-0.2, 0) is 24.4 Å². The first kappa shape index (κ1) is 18.7. The van der Waals surface area contributed by atoms with Gasteiger partial charge in [-0.2, -0.15) is 13.2 Å². The average Bonchev–Trinajstić information content (AvgIpc) is 3.17. The molecule has 148 valence electrons. The minimum absolute atomic E-state index is 0.0364. The predicted octanol–water partition coefficient (Wildman–Crippen LogP) is 2.73. The number of aromatic amines is 1. The maximum Gasteiger partial charge on any atom is 0.426 e. The second kappa shape index (κ2) is 6.43. The number of H-pyrrole nitrogens is 1. The Morgan fingerprint density at radius 2 is 2.07 bits per heavy atom. The smallest absolute Gasteiger partial charge is 0.336 e. The SMILES string of the molecule is Cn1c(=O)[nH]c2cc(-c3ccsc3C(F)(F)F)c(CC(=O)N3CC(F)C3)nc21. The summed E-state index contributed by atoms with van der Waals surface area (Å²) < 4.78 is 54.4. The number of thiophene rings is 1. The first-order valence-electron chi connectivity index (χ1n) is 8.30. The van der Waals surface area contributed by atoms with Crippen LogP contribution in [0.25, 0.3) is 22.3 Å². The fraction of sp³-hybridized carbons (Fsp3) is 0.353. The Hall–Kier alpha value is -2.69. The third-order valence-electron chi connectivity index (χ3n) is 4.67. The summed E-state index contributed by atoms with van der Waals surface area (Å²) in [5.74, 6) is -0.425. The van der Waals surface area contributed by atoms with Gasteiger partial charge in [-0.25, -0.2) is 14.2 Å². The summed E-state index contributed by atoms with van der Waals surface area (Å²) in [5.41, 5.74) is 0.151. The number of carbonyl (C=O) groups is 1. The van der Waals surface area contributed by atoms with Gasteiger partial charge in [0.15, 0.2) is 5.65 Å². The zero-order valence-electron chi connectivity index (χ0n) is 14.5. The Balaban J connectivity index is 1.85. The van der Waals surface area contributed by atoms with Gasteiger partial charge < -0.3 is 9.88 Å². The summed E-state index contributed by atoms with van der Waals surface area (Å²) in [6.45, 7) is -0.0728. The molecule has 0 atom stereocenters. The van der Waals surface area contributed by atoms with E-state index in [-0.39, 0.29) is 47.5 Å². The highest BCUT2D eigenvalue weighted by Gasteiger charge is 2.36. The average molecular weight is 414 g/mol. The lowest BCUT2D eigenvalue weighted by Crippen LogP contribution is -2.52. The molecular weight excluding hydrogens is 400 g/mol. The zero-order chi connectivity index (χ0) is 20.2. The number of alkyl halides is 4. The molecule has 3 aromatic heterocycles. The number of fused-ring (bicyclic) bond motifs is 1. The molecule has 0 radical (unpaired) electrons. The molecule has 0 aliphatic carbocycles. The summed E-state index contributed by atoms with van der Waals surface area (Å²) in [6, 6.07) is 2.71. The number of pyridine rings is 1. The van der Waals surface area contributed by atoms with E-state index >= 15 is 0 Å². The van der Waals surface area contributed by atoms with Gasteiger partial charge in [-0.1, -0.05) is 0 Å². The van der Waals surface area contributed by atoms with Crippen LogP contribution in [0.5, 0.6) is 0 Å². The van der Waals surface area contributed by atoms with Crippen LogP contribution in [0.3, 0.4) is 0 Å². The van der Waals surface area contributed by atoms with Crippen molar-refractivity contribution in [2.24, 2.45) is 7.05 Å². The number of aryl methyl sites for hydroxylation is 1. The molecule has 6 nitrogen and oxygen atoms in total. The van der Waals surface area contributed by atoms with Gasteiger partial charge in [-0.15, -0.1) is 11.3 Å². The minimum Gasteiger partial charge on any atom is -0.336 e. The highest BCUT2D eigenvalue weighted by molar-refractivity contribution is 7.10. The van der Waals surface area contributed by atoms with E-state index in [9.17, 15) is 27.2 Å². The number of nitrogens with one attached hydrogen (secondary N) is 1. The van der Waals surface area contributed by atoms with E-state index in [1.807, 2.05) is 0 Å². The van der Waals surface area contributed by atoms with Crippen LogP contribution >= 0.6 is 11.3 Å². The van der Waals surface area contributed by atoms with Crippen molar-refractivity contribution in [3.8, 4) is 11.1 Å². The van der Waals surface area contributed by atoms with Crippen molar-refractivity contribution in [3.05, 3.63) is 38.6 Å². The molecule has 1 aliphatic heterocycles. The second-order valence-corrected chi connectivity index (χ2v) is 7.49. The maximum atomic E-state index is 13.4. The summed E-state index contributed by atoms with van der Waals surface area (Å²) in [4.78, 5) is 31.6. The molecule has 3 aromatic rings. The number of rotatable bonds is 3. The van der Waals surface area contributed by atoms with Gasteiger partial charge in [-0.05, 0) is 17.5 Å². The molecule has 4 rings (SSSR count). The molecule has 0 saturated carbocycles. The Morgan fingerprint density at radius 3 is 2.71 bits per heavy atom. The van der Waals surface area contributed by atoms with E-state index in [1.54, 1.807) is 0 Å². The number of halogens is 4. The van der Waals surface area contributed by atoms with Crippen LogP contribution in [0.2, 0.25) is 0 Å². The van der Waals surface area contributed by atoms with Crippen LogP contribution in [0.4, 0.5) is 17.6 Å².